The molecule has 6 nitrogen and oxygen atoms in total. The molecular weight excluding hydrogens is 452 g/mol. The summed E-state index contributed by atoms with van der Waals surface area (Å²) in [7, 11) is 0. The van der Waals surface area contributed by atoms with Crippen LogP contribution in [0.5, 0.6) is 5.75 Å². The summed E-state index contributed by atoms with van der Waals surface area (Å²) >= 11 is 0. The molecule has 0 bridgehead atoms. The molecule has 3 heterocycles. The summed E-state index contributed by atoms with van der Waals surface area (Å²) in [6.45, 7) is 12.4. The van der Waals surface area contributed by atoms with E-state index in [2.05, 4.69) is 19.9 Å². The molecule has 0 aliphatic carbocycles. The highest BCUT2D eigenvalue weighted by Gasteiger charge is 2.33. The van der Waals surface area contributed by atoms with E-state index < -0.39 is 17.7 Å². The summed E-state index contributed by atoms with van der Waals surface area (Å²) in [6, 6.07) is 12.0. The quantitative estimate of drug-likeness (QED) is 0.337. The van der Waals surface area contributed by atoms with Gasteiger partial charge in [0.25, 0.3) is 0 Å². The molecular formula is C30H32N2O4. The Hall–Kier alpha value is -3.51. The van der Waals surface area contributed by atoms with Crippen molar-refractivity contribution in [2.45, 2.75) is 65.6 Å². The van der Waals surface area contributed by atoms with E-state index >= 15 is 0 Å². The smallest absolute Gasteiger partial charge is 0.337 e. The van der Waals surface area contributed by atoms with Gasteiger partial charge in [0.1, 0.15) is 5.75 Å². The van der Waals surface area contributed by atoms with Gasteiger partial charge in [0.15, 0.2) is 6.10 Å². The van der Waals surface area contributed by atoms with E-state index in [0.29, 0.717) is 12.2 Å². The first-order valence-electron chi connectivity index (χ1n) is 12.4. The monoisotopic (exact) mass is 484 g/mol. The maximum absolute atomic E-state index is 12.6. The van der Waals surface area contributed by atoms with Gasteiger partial charge in [-0.3, -0.25) is 9.97 Å². The van der Waals surface area contributed by atoms with Crippen molar-refractivity contribution in [3.05, 3.63) is 65.0 Å². The fourth-order valence-electron chi connectivity index (χ4n) is 5.08. The van der Waals surface area contributed by atoms with Gasteiger partial charge in [-0.1, -0.05) is 19.9 Å². The van der Waals surface area contributed by atoms with Crippen LogP contribution in [0, 0.1) is 6.92 Å². The predicted octanol–water partition coefficient (Wildman–Crippen LogP) is 6.76. The number of ether oxygens (including phenoxy) is 2. The van der Waals surface area contributed by atoms with Crippen molar-refractivity contribution in [3.8, 4) is 16.9 Å². The highest BCUT2D eigenvalue weighted by Crippen LogP contribution is 2.45. The molecule has 0 radical (unpaired) electrons. The minimum absolute atomic E-state index is 0.271. The number of carboxylic acid groups (broad SMARTS) is 1. The van der Waals surface area contributed by atoms with Crippen LogP contribution in [0.1, 0.15) is 69.0 Å². The summed E-state index contributed by atoms with van der Waals surface area (Å²) in [5, 5.41) is 12.2. The standard InChI is InChI=1S/C30H32N2O4/c1-16(2)21-9-7-19-22(32-21)15-17(3)24(28(29(33)34)36-30(4,5)6)26(19)20-8-10-23-25-18(12-14-35-23)11-13-31-27(20)25/h7-11,13,15-16,28H,12,14H2,1-6H3,(H,33,34)/t28-/m0/s1. The number of hydrogen-bond donors (Lipinski definition) is 1. The molecule has 36 heavy (non-hydrogen) atoms. The van der Waals surface area contributed by atoms with Gasteiger partial charge >= 0.3 is 5.97 Å². The van der Waals surface area contributed by atoms with E-state index in [0.717, 1.165) is 56.4 Å². The highest BCUT2D eigenvalue weighted by molar-refractivity contribution is 6.08. The van der Waals surface area contributed by atoms with Crippen molar-refractivity contribution >= 4 is 27.8 Å². The number of benzene rings is 2. The van der Waals surface area contributed by atoms with Crippen LogP contribution in [0.15, 0.2) is 42.6 Å². The van der Waals surface area contributed by atoms with Crippen LogP contribution in [-0.2, 0) is 16.0 Å². The molecule has 2 aromatic heterocycles. The third-order valence-corrected chi connectivity index (χ3v) is 6.65. The Labute approximate surface area is 211 Å². The van der Waals surface area contributed by atoms with Gasteiger partial charge < -0.3 is 14.6 Å². The molecule has 0 saturated carbocycles. The number of nitrogens with zero attached hydrogens (tertiary/aromatic N) is 2. The van der Waals surface area contributed by atoms with Crippen molar-refractivity contribution < 1.29 is 19.4 Å². The van der Waals surface area contributed by atoms with Gasteiger partial charge in [0.2, 0.25) is 0 Å². The molecule has 186 valence electrons. The van der Waals surface area contributed by atoms with Crippen LogP contribution >= 0.6 is 0 Å². The number of aliphatic carboxylic acids is 1. The topological polar surface area (TPSA) is 81.5 Å². The molecule has 1 aliphatic heterocycles. The average molecular weight is 485 g/mol. The van der Waals surface area contributed by atoms with E-state index in [1.54, 1.807) is 0 Å². The van der Waals surface area contributed by atoms with Gasteiger partial charge in [-0.25, -0.2) is 4.79 Å². The second kappa shape index (κ2) is 8.86. The van der Waals surface area contributed by atoms with E-state index in [4.69, 9.17) is 19.4 Å². The number of carboxylic acids is 1. The molecule has 5 rings (SSSR count). The van der Waals surface area contributed by atoms with Crippen LogP contribution in [0.4, 0.5) is 0 Å². The normalized spacial score (nSPS) is 14.3. The lowest BCUT2D eigenvalue weighted by Gasteiger charge is -2.29. The summed E-state index contributed by atoms with van der Waals surface area (Å²) in [5.74, 6) is 0.0510. The first kappa shape index (κ1) is 24.2. The Kier molecular flexibility index (Phi) is 5.95. The molecule has 0 unspecified atom stereocenters. The van der Waals surface area contributed by atoms with E-state index in [9.17, 15) is 9.90 Å². The van der Waals surface area contributed by atoms with Crippen LogP contribution in [-0.4, -0.2) is 33.3 Å². The van der Waals surface area contributed by atoms with E-state index in [-0.39, 0.29) is 5.92 Å². The number of hydrogen-bond acceptors (Lipinski definition) is 5. The van der Waals surface area contributed by atoms with Gasteiger partial charge in [-0.2, -0.15) is 0 Å². The largest absolute Gasteiger partial charge is 0.493 e. The van der Waals surface area contributed by atoms with Crippen molar-refractivity contribution in [3.63, 3.8) is 0 Å². The lowest BCUT2D eigenvalue weighted by molar-refractivity contribution is -0.160. The molecule has 2 aromatic carbocycles. The minimum atomic E-state index is -1.16. The molecule has 0 fully saturated rings. The first-order chi connectivity index (χ1) is 17.0. The number of fused-ring (bicyclic) bond motifs is 1. The molecule has 1 atom stereocenters. The summed E-state index contributed by atoms with van der Waals surface area (Å²) in [4.78, 5) is 22.4. The van der Waals surface area contributed by atoms with Crippen molar-refractivity contribution in [2.24, 2.45) is 0 Å². The molecule has 4 aromatic rings. The van der Waals surface area contributed by atoms with Crippen molar-refractivity contribution in [1.29, 1.82) is 0 Å². The first-order valence-corrected chi connectivity index (χ1v) is 12.4. The number of pyridine rings is 2. The number of rotatable bonds is 5. The zero-order valence-corrected chi connectivity index (χ0v) is 21.7. The zero-order chi connectivity index (χ0) is 25.8. The molecule has 0 spiro atoms. The van der Waals surface area contributed by atoms with Gasteiger partial charge in [0, 0.05) is 40.2 Å². The third kappa shape index (κ3) is 4.20. The Bertz CT molecular complexity index is 1490. The number of aryl methyl sites for hydroxylation is 1. The maximum atomic E-state index is 12.6. The Morgan fingerprint density at radius 1 is 1.14 bits per heavy atom. The highest BCUT2D eigenvalue weighted by atomic mass is 16.5. The summed E-state index contributed by atoms with van der Waals surface area (Å²) in [5.41, 5.74) is 6.24. The predicted molar refractivity (Wildman–Crippen MR) is 142 cm³/mol. The van der Waals surface area contributed by atoms with Gasteiger partial charge in [-0.05, 0) is 80.6 Å². The Morgan fingerprint density at radius 2 is 1.92 bits per heavy atom. The Morgan fingerprint density at radius 3 is 2.61 bits per heavy atom. The Balaban J connectivity index is 1.91. The van der Waals surface area contributed by atoms with E-state index in [1.165, 1.54) is 5.56 Å². The lowest BCUT2D eigenvalue weighted by Crippen LogP contribution is -2.28. The third-order valence-electron chi connectivity index (χ3n) is 6.65. The van der Waals surface area contributed by atoms with Gasteiger partial charge in [-0.15, -0.1) is 0 Å². The van der Waals surface area contributed by atoms with Crippen LogP contribution in [0.2, 0.25) is 0 Å². The fraction of sp³-hybridized carbons (Fsp3) is 0.367. The zero-order valence-electron chi connectivity index (χ0n) is 21.7. The number of aromatic nitrogens is 2. The summed E-state index contributed by atoms with van der Waals surface area (Å²) < 4.78 is 12.1. The minimum Gasteiger partial charge on any atom is -0.493 e. The lowest BCUT2D eigenvalue weighted by atomic mass is 9.86. The average Bonchev–Trinajstić information content (AvgIpc) is 2.81. The second-order valence-electron chi connectivity index (χ2n) is 10.8. The van der Waals surface area contributed by atoms with Gasteiger partial charge in [0.05, 0.1) is 23.2 Å². The van der Waals surface area contributed by atoms with E-state index in [1.807, 2.05) is 64.2 Å². The summed E-state index contributed by atoms with van der Waals surface area (Å²) in [6.07, 6.45) is 1.47. The van der Waals surface area contributed by atoms with Crippen LogP contribution in [0.3, 0.4) is 0 Å². The maximum Gasteiger partial charge on any atom is 0.337 e. The SMILES string of the molecule is Cc1cc2nc(C(C)C)ccc2c(-c2ccc3c4c(ccnc24)CCO3)c1[C@H](OC(C)(C)C)C(=O)O. The van der Waals surface area contributed by atoms with Crippen LogP contribution in [0.25, 0.3) is 32.9 Å². The molecule has 1 aliphatic rings. The number of carbonyl (C=O) groups is 1. The molecule has 0 saturated heterocycles. The van der Waals surface area contributed by atoms with Crippen molar-refractivity contribution in [2.75, 3.05) is 6.61 Å². The molecule has 6 heteroatoms. The molecule has 0 amide bonds. The van der Waals surface area contributed by atoms with Crippen molar-refractivity contribution in [1.82, 2.24) is 9.97 Å². The second-order valence-corrected chi connectivity index (χ2v) is 10.8. The van der Waals surface area contributed by atoms with Crippen LogP contribution < -0.4 is 4.74 Å². The molecule has 1 N–H and O–H groups in total. The fourth-order valence-corrected chi connectivity index (χ4v) is 5.08.